The van der Waals surface area contributed by atoms with Crippen LogP contribution < -0.4 is 9.47 Å². The Balaban J connectivity index is 1.57. The van der Waals surface area contributed by atoms with E-state index in [1.807, 2.05) is 61.8 Å². The van der Waals surface area contributed by atoms with Crippen molar-refractivity contribution in [2.45, 2.75) is 19.3 Å². The first-order valence-electron chi connectivity index (χ1n) is 10.8. The van der Waals surface area contributed by atoms with Gasteiger partial charge < -0.3 is 14.6 Å². The number of allylic oxidation sites excluding steroid dienone is 1. The van der Waals surface area contributed by atoms with Crippen molar-refractivity contribution in [1.82, 2.24) is 14.8 Å². The standard InChI is InChI=1S/C25H23N3O4S/c1-28-15-18(24(27-28)16-7-9-20-21(14-16)32-12-4-11-31-20)13-17(8-10-23(29)30)25-26-19-5-2-3-6-22(19)33-25/h2-3,5-7,9,13-15H,4,8,10-12H2,1H3,(H,29,30). The molecular formula is C25H23N3O4S. The van der Waals surface area contributed by atoms with Crippen molar-refractivity contribution in [1.29, 1.82) is 0 Å². The summed E-state index contributed by atoms with van der Waals surface area (Å²) >= 11 is 1.57. The van der Waals surface area contributed by atoms with Crippen molar-refractivity contribution in [2.75, 3.05) is 13.2 Å². The second-order valence-corrected chi connectivity index (χ2v) is 8.90. The van der Waals surface area contributed by atoms with Crippen LogP contribution >= 0.6 is 11.3 Å². The molecule has 1 N–H and O–H groups in total. The van der Waals surface area contributed by atoms with E-state index in [4.69, 9.17) is 14.5 Å². The maximum absolute atomic E-state index is 11.3. The highest BCUT2D eigenvalue weighted by molar-refractivity contribution is 7.19. The average Bonchev–Trinajstić information content (AvgIpc) is 3.31. The van der Waals surface area contributed by atoms with Gasteiger partial charge in [0.05, 0.1) is 29.1 Å². The van der Waals surface area contributed by atoms with Crippen LogP contribution in [0.2, 0.25) is 0 Å². The van der Waals surface area contributed by atoms with E-state index in [1.54, 1.807) is 16.0 Å². The Morgan fingerprint density at radius 3 is 2.79 bits per heavy atom. The number of carbonyl (C=O) groups is 1. The fourth-order valence-electron chi connectivity index (χ4n) is 3.83. The molecule has 4 aromatic rings. The van der Waals surface area contributed by atoms with Gasteiger partial charge in [0, 0.05) is 37.2 Å². The number of thiazole rings is 1. The van der Waals surface area contributed by atoms with E-state index in [0.29, 0.717) is 25.4 Å². The number of fused-ring (bicyclic) bond motifs is 2. The molecule has 0 spiro atoms. The predicted octanol–water partition coefficient (Wildman–Crippen LogP) is 5.26. The van der Waals surface area contributed by atoms with Crippen LogP contribution in [0.1, 0.15) is 29.8 Å². The normalized spacial score (nSPS) is 13.8. The SMILES string of the molecule is Cn1cc(C=C(CCC(=O)O)c2nc3ccccc3s2)c(-c2ccc3c(c2)OCCCO3)n1. The quantitative estimate of drug-likeness (QED) is 0.421. The third kappa shape index (κ3) is 4.61. The summed E-state index contributed by atoms with van der Waals surface area (Å²) in [6, 6.07) is 13.8. The summed E-state index contributed by atoms with van der Waals surface area (Å²) in [5.74, 6) is 0.611. The molecule has 33 heavy (non-hydrogen) atoms. The molecule has 168 valence electrons. The van der Waals surface area contributed by atoms with Gasteiger partial charge in [-0.3, -0.25) is 9.48 Å². The molecule has 1 aliphatic rings. The van der Waals surface area contributed by atoms with Crippen molar-refractivity contribution in [2.24, 2.45) is 7.05 Å². The first-order valence-corrected chi connectivity index (χ1v) is 11.6. The molecule has 0 saturated heterocycles. The Hall–Kier alpha value is -3.65. The second-order valence-electron chi connectivity index (χ2n) is 7.87. The lowest BCUT2D eigenvalue weighted by Crippen LogP contribution is -1.97. The van der Waals surface area contributed by atoms with Crippen LogP contribution in [-0.4, -0.2) is 39.1 Å². The minimum atomic E-state index is -0.837. The summed E-state index contributed by atoms with van der Waals surface area (Å²) in [7, 11) is 1.87. The Bertz CT molecular complexity index is 1320. The van der Waals surface area contributed by atoms with Gasteiger partial charge in [-0.1, -0.05) is 12.1 Å². The molecule has 2 aromatic heterocycles. The van der Waals surface area contributed by atoms with Crippen molar-refractivity contribution in [3.05, 3.63) is 59.2 Å². The number of carboxylic acid groups (broad SMARTS) is 1. The second kappa shape index (κ2) is 9.07. The van der Waals surface area contributed by atoms with Crippen LogP contribution in [0.5, 0.6) is 11.5 Å². The predicted molar refractivity (Wildman–Crippen MR) is 129 cm³/mol. The van der Waals surface area contributed by atoms with Crippen LogP contribution in [0, 0.1) is 0 Å². The monoisotopic (exact) mass is 461 g/mol. The van der Waals surface area contributed by atoms with E-state index in [9.17, 15) is 9.90 Å². The molecule has 8 heteroatoms. The summed E-state index contributed by atoms with van der Waals surface area (Å²) in [4.78, 5) is 16.1. The Kier molecular flexibility index (Phi) is 5.83. The summed E-state index contributed by atoms with van der Waals surface area (Å²) in [5, 5.41) is 14.8. The highest BCUT2D eigenvalue weighted by Gasteiger charge is 2.17. The van der Waals surface area contributed by atoms with Crippen molar-refractivity contribution < 1.29 is 19.4 Å². The largest absolute Gasteiger partial charge is 0.490 e. The van der Waals surface area contributed by atoms with Crippen molar-refractivity contribution in [3.8, 4) is 22.8 Å². The molecule has 0 fully saturated rings. The molecule has 5 rings (SSSR count). The number of hydrogen-bond acceptors (Lipinski definition) is 6. The summed E-state index contributed by atoms with van der Waals surface area (Å²) in [5.41, 5.74) is 4.39. The van der Waals surface area contributed by atoms with E-state index < -0.39 is 5.97 Å². The zero-order chi connectivity index (χ0) is 22.8. The molecule has 0 aliphatic carbocycles. The van der Waals surface area contributed by atoms with Crippen LogP contribution in [0.4, 0.5) is 0 Å². The first kappa shape index (κ1) is 21.2. The molecule has 2 aromatic carbocycles. The van der Waals surface area contributed by atoms with Gasteiger partial charge in [-0.2, -0.15) is 5.10 Å². The molecule has 0 amide bonds. The van der Waals surface area contributed by atoms with Gasteiger partial charge in [0.1, 0.15) is 5.01 Å². The summed E-state index contributed by atoms with van der Waals surface area (Å²) in [6.07, 6.45) is 5.20. The molecule has 0 saturated carbocycles. The molecule has 1 aliphatic heterocycles. The number of rotatable bonds is 6. The highest BCUT2D eigenvalue weighted by Crippen LogP contribution is 2.37. The molecule has 0 radical (unpaired) electrons. The number of ether oxygens (including phenoxy) is 2. The minimum absolute atomic E-state index is 0.0291. The zero-order valence-electron chi connectivity index (χ0n) is 18.2. The molecule has 0 unspecified atom stereocenters. The van der Waals surface area contributed by atoms with E-state index in [-0.39, 0.29) is 6.42 Å². The highest BCUT2D eigenvalue weighted by atomic mass is 32.1. The number of carboxylic acids is 1. The van der Waals surface area contributed by atoms with Gasteiger partial charge in [-0.05, 0) is 48.4 Å². The Morgan fingerprint density at radius 1 is 1.15 bits per heavy atom. The number of nitrogens with zero attached hydrogens (tertiary/aromatic N) is 3. The molecule has 0 atom stereocenters. The number of aryl methyl sites for hydroxylation is 1. The average molecular weight is 462 g/mol. The topological polar surface area (TPSA) is 86.5 Å². The first-order chi connectivity index (χ1) is 16.1. The number of hydrogen-bond donors (Lipinski definition) is 1. The van der Waals surface area contributed by atoms with E-state index in [0.717, 1.165) is 49.8 Å². The molecular weight excluding hydrogens is 438 g/mol. The molecule has 0 bridgehead atoms. The van der Waals surface area contributed by atoms with Gasteiger partial charge in [0.2, 0.25) is 0 Å². The van der Waals surface area contributed by atoms with Crippen LogP contribution in [0.15, 0.2) is 48.7 Å². The van der Waals surface area contributed by atoms with Gasteiger partial charge >= 0.3 is 5.97 Å². The minimum Gasteiger partial charge on any atom is -0.490 e. The maximum atomic E-state index is 11.3. The summed E-state index contributed by atoms with van der Waals surface area (Å²) in [6.45, 7) is 1.25. The van der Waals surface area contributed by atoms with Crippen LogP contribution in [-0.2, 0) is 11.8 Å². The number of para-hydroxylation sites is 1. The van der Waals surface area contributed by atoms with Gasteiger partial charge in [-0.25, -0.2) is 4.98 Å². The summed E-state index contributed by atoms with van der Waals surface area (Å²) < 4.78 is 14.4. The fraction of sp³-hybridized carbons (Fsp3) is 0.240. The van der Waals surface area contributed by atoms with Crippen LogP contribution in [0.3, 0.4) is 0 Å². The lowest BCUT2D eigenvalue weighted by atomic mass is 10.0. The Labute approximate surface area is 194 Å². The lowest BCUT2D eigenvalue weighted by Gasteiger charge is -2.09. The van der Waals surface area contributed by atoms with Gasteiger partial charge in [0.15, 0.2) is 11.5 Å². The third-order valence-electron chi connectivity index (χ3n) is 5.38. The number of aliphatic carboxylic acids is 1. The van der Waals surface area contributed by atoms with Crippen molar-refractivity contribution in [3.63, 3.8) is 0 Å². The lowest BCUT2D eigenvalue weighted by molar-refractivity contribution is -0.136. The van der Waals surface area contributed by atoms with Crippen molar-refractivity contribution >= 4 is 39.2 Å². The zero-order valence-corrected chi connectivity index (χ0v) is 19.0. The van der Waals surface area contributed by atoms with Gasteiger partial charge in [-0.15, -0.1) is 11.3 Å². The number of benzene rings is 2. The molecule has 3 heterocycles. The van der Waals surface area contributed by atoms with E-state index >= 15 is 0 Å². The fourth-order valence-corrected chi connectivity index (χ4v) is 4.84. The maximum Gasteiger partial charge on any atom is 0.303 e. The van der Waals surface area contributed by atoms with E-state index in [1.165, 1.54) is 0 Å². The van der Waals surface area contributed by atoms with Crippen LogP contribution in [0.25, 0.3) is 33.1 Å². The molecule has 7 nitrogen and oxygen atoms in total. The Morgan fingerprint density at radius 2 is 1.97 bits per heavy atom. The smallest absolute Gasteiger partial charge is 0.303 e. The number of aromatic nitrogens is 3. The van der Waals surface area contributed by atoms with E-state index in [2.05, 4.69) is 5.10 Å². The third-order valence-corrected chi connectivity index (χ3v) is 6.50. The van der Waals surface area contributed by atoms with Gasteiger partial charge in [0.25, 0.3) is 0 Å².